The van der Waals surface area contributed by atoms with Crippen LogP contribution in [-0.2, 0) is 0 Å². The fourth-order valence-corrected chi connectivity index (χ4v) is 1.36. The van der Waals surface area contributed by atoms with Crippen molar-refractivity contribution in [2.45, 2.75) is 20.8 Å². The largest absolute Gasteiger partial charge is 0.0988 e. The Morgan fingerprint density at radius 2 is 1.85 bits per heavy atom. The van der Waals surface area contributed by atoms with Crippen LogP contribution in [0.1, 0.15) is 25.0 Å². The van der Waals surface area contributed by atoms with Gasteiger partial charge in [0.05, 0.1) is 0 Å². The summed E-state index contributed by atoms with van der Waals surface area (Å²) in [7, 11) is 0. The number of rotatable bonds is 2. The first kappa shape index (κ1) is 9.79. The Kier molecular flexibility index (Phi) is 3.07. The van der Waals surface area contributed by atoms with Crippen molar-refractivity contribution in [1.29, 1.82) is 0 Å². The van der Waals surface area contributed by atoms with Gasteiger partial charge in [-0.1, -0.05) is 36.9 Å². The minimum atomic E-state index is 1.24. The second-order valence-corrected chi connectivity index (χ2v) is 3.33. The molecule has 0 atom stereocenters. The van der Waals surface area contributed by atoms with Crippen LogP contribution in [0.15, 0.2) is 42.5 Å². The third-order valence-electron chi connectivity index (χ3n) is 2.45. The molecule has 0 bridgehead atoms. The average molecular weight is 172 g/mol. The SMILES string of the molecule is C=CC(C)=C(C)c1ccccc1C. The molecular weight excluding hydrogens is 156 g/mol. The van der Waals surface area contributed by atoms with Crippen LogP contribution in [0.25, 0.3) is 5.57 Å². The van der Waals surface area contributed by atoms with Gasteiger partial charge < -0.3 is 0 Å². The Morgan fingerprint density at radius 3 is 2.38 bits per heavy atom. The minimum Gasteiger partial charge on any atom is -0.0988 e. The minimum absolute atomic E-state index is 1.24. The maximum absolute atomic E-state index is 3.78. The van der Waals surface area contributed by atoms with Crippen molar-refractivity contribution in [2.24, 2.45) is 0 Å². The van der Waals surface area contributed by atoms with Crippen molar-refractivity contribution in [3.63, 3.8) is 0 Å². The van der Waals surface area contributed by atoms with Gasteiger partial charge in [0.1, 0.15) is 0 Å². The quantitative estimate of drug-likeness (QED) is 0.592. The fourth-order valence-electron chi connectivity index (χ4n) is 1.36. The fraction of sp³-hybridized carbons (Fsp3) is 0.231. The van der Waals surface area contributed by atoms with Crippen molar-refractivity contribution in [3.8, 4) is 0 Å². The molecule has 1 aromatic carbocycles. The van der Waals surface area contributed by atoms with E-state index in [2.05, 4.69) is 51.6 Å². The lowest BCUT2D eigenvalue weighted by molar-refractivity contribution is 1.38. The van der Waals surface area contributed by atoms with Gasteiger partial charge in [-0.2, -0.15) is 0 Å². The third kappa shape index (κ3) is 2.09. The van der Waals surface area contributed by atoms with Gasteiger partial charge in [-0.3, -0.25) is 0 Å². The molecule has 0 aliphatic rings. The third-order valence-corrected chi connectivity index (χ3v) is 2.45. The standard InChI is InChI=1S/C13H16/c1-5-10(2)12(4)13-9-7-6-8-11(13)3/h5-9H,1H2,2-4H3. The summed E-state index contributed by atoms with van der Waals surface area (Å²) in [5.74, 6) is 0. The van der Waals surface area contributed by atoms with Crippen molar-refractivity contribution >= 4 is 5.57 Å². The normalized spacial score (nSPS) is 12.2. The molecule has 0 heteroatoms. The van der Waals surface area contributed by atoms with Gasteiger partial charge >= 0.3 is 0 Å². The molecule has 13 heavy (non-hydrogen) atoms. The topological polar surface area (TPSA) is 0 Å². The smallest absolute Gasteiger partial charge is 0.0195 e. The Balaban J connectivity index is 3.23. The lowest BCUT2D eigenvalue weighted by Crippen LogP contribution is -1.86. The summed E-state index contributed by atoms with van der Waals surface area (Å²) in [5.41, 5.74) is 5.20. The number of aryl methyl sites for hydroxylation is 1. The molecule has 0 aromatic heterocycles. The molecule has 1 aromatic rings. The first-order valence-electron chi connectivity index (χ1n) is 4.52. The monoisotopic (exact) mass is 172 g/mol. The zero-order valence-corrected chi connectivity index (χ0v) is 8.59. The maximum atomic E-state index is 3.78. The molecule has 0 aliphatic carbocycles. The van der Waals surface area contributed by atoms with E-state index in [1.54, 1.807) is 0 Å². The van der Waals surface area contributed by atoms with E-state index in [4.69, 9.17) is 0 Å². The number of hydrogen-bond acceptors (Lipinski definition) is 0. The van der Waals surface area contributed by atoms with E-state index in [-0.39, 0.29) is 0 Å². The number of benzene rings is 1. The molecule has 0 saturated carbocycles. The van der Waals surface area contributed by atoms with E-state index in [9.17, 15) is 0 Å². The number of hydrogen-bond donors (Lipinski definition) is 0. The lowest BCUT2D eigenvalue weighted by atomic mass is 9.98. The van der Waals surface area contributed by atoms with Crippen LogP contribution < -0.4 is 0 Å². The zero-order chi connectivity index (χ0) is 9.84. The van der Waals surface area contributed by atoms with Gasteiger partial charge in [0.15, 0.2) is 0 Å². The highest BCUT2D eigenvalue weighted by molar-refractivity contribution is 5.70. The van der Waals surface area contributed by atoms with Gasteiger partial charge in [0, 0.05) is 0 Å². The van der Waals surface area contributed by atoms with Crippen LogP contribution >= 0.6 is 0 Å². The van der Waals surface area contributed by atoms with Crippen molar-refractivity contribution in [2.75, 3.05) is 0 Å². The highest BCUT2D eigenvalue weighted by atomic mass is 14.0. The van der Waals surface area contributed by atoms with Crippen molar-refractivity contribution < 1.29 is 0 Å². The number of allylic oxidation sites excluding steroid dienone is 3. The highest BCUT2D eigenvalue weighted by Crippen LogP contribution is 2.21. The zero-order valence-electron chi connectivity index (χ0n) is 8.59. The van der Waals surface area contributed by atoms with Crippen LogP contribution in [0.4, 0.5) is 0 Å². The molecule has 0 N–H and O–H groups in total. The van der Waals surface area contributed by atoms with Gasteiger partial charge in [-0.15, -0.1) is 0 Å². The molecule has 0 spiro atoms. The summed E-state index contributed by atoms with van der Waals surface area (Å²) >= 11 is 0. The van der Waals surface area contributed by atoms with Gasteiger partial charge in [-0.05, 0) is 43.0 Å². The maximum Gasteiger partial charge on any atom is -0.0195 e. The molecule has 0 fully saturated rings. The summed E-state index contributed by atoms with van der Waals surface area (Å²) < 4.78 is 0. The van der Waals surface area contributed by atoms with Gasteiger partial charge in [0.25, 0.3) is 0 Å². The van der Waals surface area contributed by atoms with E-state index in [0.717, 1.165) is 0 Å². The predicted octanol–water partition coefficient (Wildman–Crippen LogP) is 3.97. The molecule has 1 rings (SSSR count). The Labute approximate surface area is 80.6 Å². The predicted molar refractivity (Wildman–Crippen MR) is 59.6 cm³/mol. The molecule has 0 nitrogen and oxygen atoms in total. The summed E-state index contributed by atoms with van der Waals surface area (Å²) in [6.45, 7) is 10.1. The van der Waals surface area contributed by atoms with Crippen LogP contribution in [0.5, 0.6) is 0 Å². The molecule has 68 valence electrons. The molecule has 0 aliphatic heterocycles. The van der Waals surface area contributed by atoms with Gasteiger partial charge in [0.2, 0.25) is 0 Å². The first-order chi connectivity index (χ1) is 6.16. The summed E-state index contributed by atoms with van der Waals surface area (Å²) in [6.07, 6.45) is 1.90. The second-order valence-electron chi connectivity index (χ2n) is 3.33. The Hall–Kier alpha value is -1.30. The Morgan fingerprint density at radius 1 is 1.23 bits per heavy atom. The average Bonchev–Trinajstić information content (AvgIpc) is 2.16. The first-order valence-corrected chi connectivity index (χ1v) is 4.52. The van der Waals surface area contributed by atoms with Crippen molar-refractivity contribution in [1.82, 2.24) is 0 Å². The Bertz CT molecular complexity index is 343. The molecular formula is C13H16. The van der Waals surface area contributed by atoms with Crippen molar-refractivity contribution in [3.05, 3.63) is 53.6 Å². The molecule has 0 saturated heterocycles. The summed E-state index contributed by atoms with van der Waals surface area (Å²) in [5, 5.41) is 0. The van der Waals surface area contributed by atoms with E-state index >= 15 is 0 Å². The van der Waals surface area contributed by atoms with Crippen LogP contribution in [-0.4, -0.2) is 0 Å². The van der Waals surface area contributed by atoms with E-state index < -0.39 is 0 Å². The van der Waals surface area contributed by atoms with Gasteiger partial charge in [-0.25, -0.2) is 0 Å². The highest BCUT2D eigenvalue weighted by Gasteiger charge is 2.00. The molecule has 0 unspecified atom stereocenters. The molecule has 0 amide bonds. The van der Waals surface area contributed by atoms with Crippen LogP contribution in [0.2, 0.25) is 0 Å². The molecule has 0 heterocycles. The van der Waals surface area contributed by atoms with Crippen LogP contribution in [0, 0.1) is 6.92 Å². The van der Waals surface area contributed by atoms with E-state index in [1.165, 1.54) is 22.3 Å². The van der Waals surface area contributed by atoms with E-state index in [0.29, 0.717) is 0 Å². The molecule has 0 radical (unpaired) electrons. The van der Waals surface area contributed by atoms with E-state index in [1.807, 2.05) is 6.08 Å². The second kappa shape index (κ2) is 4.08. The lowest BCUT2D eigenvalue weighted by Gasteiger charge is -2.07. The summed E-state index contributed by atoms with van der Waals surface area (Å²) in [6, 6.07) is 8.42. The van der Waals surface area contributed by atoms with Crippen LogP contribution in [0.3, 0.4) is 0 Å². The summed E-state index contributed by atoms with van der Waals surface area (Å²) in [4.78, 5) is 0.